The monoisotopic (exact) mass is 360 g/mol. The van der Waals surface area contributed by atoms with E-state index in [1.807, 2.05) is 0 Å². The summed E-state index contributed by atoms with van der Waals surface area (Å²) in [5.41, 5.74) is 1.09. The van der Waals surface area contributed by atoms with Gasteiger partial charge in [-0.05, 0) is 36.8 Å². The number of fused-ring (bicyclic) bond motifs is 1. The van der Waals surface area contributed by atoms with E-state index in [0.717, 1.165) is 28.7 Å². The highest BCUT2D eigenvalue weighted by Gasteiger charge is 2.28. The number of carbonyl (C=O) groups excluding carboxylic acids is 3. The molecule has 0 fully saturated rings. The van der Waals surface area contributed by atoms with Crippen molar-refractivity contribution in [2.45, 2.75) is 6.92 Å². The molecule has 2 heterocycles. The second-order valence-electron chi connectivity index (χ2n) is 5.72. The van der Waals surface area contributed by atoms with Gasteiger partial charge in [-0.15, -0.1) is 0 Å². The maximum atomic E-state index is 13.2. The average molecular weight is 360 g/mol. The van der Waals surface area contributed by atoms with Crippen LogP contribution in [0.15, 0.2) is 30.5 Å². The van der Waals surface area contributed by atoms with E-state index < -0.39 is 30.0 Å². The zero-order valence-electron chi connectivity index (χ0n) is 13.7. The molecule has 0 saturated heterocycles. The van der Waals surface area contributed by atoms with E-state index in [1.54, 1.807) is 19.2 Å². The van der Waals surface area contributed by atoms with Crippen molar-refractivity contribution in [2.24, 2.45) is 0 Å². The van der Waals surface area contributed by atoms with E-state index in [2.05, 4.69) is 15.6 Å². The molecule has 3 rings (SSSR count). The molecule has 0 bridgehead atoms. The molecule has 0 atom stereocenters. The lowest BCUT2D eigenvalue weighted by atomic mass is 10.2. The molecule has 1 aromatic heterocycles. The van der Waals surface area contributed by atoms with E-state index in [-0.39, 0.29) is 23.8 Å². The SMILES string of the molecule is Cc1cnc2c(c1)NC(=O)CN2C(=O)CNC(=O)c1ccc(F)c(F)c1. The van der Waals surface area contributed by atoms with Gasteiger partial charge in [-0.3, -0.25) is 19.3 Å². The van der Waals surface area contributed by atoms with Gasteiger partial charge < -0.3 is 10.6 Å². The van der Waals surface area contributed by atoms with Crippen LogP contribution < -0.4 is 15.5 Å². The fraction of sp³-hybridized carbons (Fsp3) is 0.176. The first kappa shape index (κ1) is 17.5. The number of benzene rings is 1. The van der Waals surface area contributed by atoms with Gasteiger partial charge in [-0.25, -0.2) is 13.8 Å². The third kappa shape index (κ3) is 3.51. The minimum Gasteiger partial charge on any atom is -0.343 e. The number of pyridine rings is 1. The first-order chi connectivity index (χ1) is 12.3. The van der Waals surface area contributed by atoms with E-state index in [4.69, 9.17) is 0 Å². The molecule has 3 amide bonds. The number of nitrogens with zero attached hydrogens (tertiary/aromatic N) is 2. The van der Waals surface area contributed by atoms with E-state index in [1.165, 1.54) is 0 Å². The van der Waals surface area contributed by atoms with Crippen LogP contribution in [0, 0.1) is 18.6 Å². The molecule has 0 unspecified atom stereocenters. The van der Waals surface area contributed by atoms with Crippen molar-refractivity contribution < 1.29 is 23.2 Å². The number of hydrogen-bond acceptors (Lipinski definition) is 4. The van der Waals surface area contributed by atoms with Crippen LogP contribution >= 0.6 is 0 Å². The first-order valence-electron chi connectivity index (χ1n) is 7.65. The smallest absolute Gasteiger partial charge is 0.251 e. The number of anilines is 2. The molecule has 1 aromatic carbocycles. The summed E-state index contributed by atoms with van der Waals surface area (Å²) in [5.74, 6) is -3.64. The fourth-order valence-corrected chi connectivity index (χ4v) is 2.47. The first-order valence-corrected chi connectivity index (χ1v) is 7.65. The summed E-state index contributed by atoms with van der Waals surface area (Å²) < 4.78 is 26.1. The van der Waals surface area contributed by atoms with Gasteiger partial charge in [0.15, 0.2) is 17.5 Å². The van der Waals surface area contributed by atoms with Crippen molar-refractivity contribution >= 4 is 29.2 Å². The van der Waals surface area contributed by atoms with Gasteiger partial charge in [0.05, 0.1) is 12.2 Å². The Bertz CT molecular complexity index is 917. The summed E-state index contributed by atoms with van der Waals surface area (Å²) in [6.45, 7) is 1.13. The van der Waals surface area contributed by atoms with Gasteiger partial charge in [-0.2, -0.15) is 0 Å². The second kappa shape index (κ2) is 6.87. The molecule has 0 saturated carbocycles. The molecule has 2 N–H and O–H groups in total. The number of nitrogens with one attached hydrogen (secondary N) is 2. The quantitative estimate of drug-likeness (QED) is 0.865. The number of aromatic nitrogens is 1. The Balaban J connectivity index is 1.71. The van der Waals surface area contributed by atoms with E-state index >= 15 is 0 Å². The highest BCUT2D eigenvalue weighted by Crippen LogP contribution is 2.27. The Morgan fingerprint density at radius 3 is 2.77 bits per heavy atom. The third-order valence-electron chi connectivity index (χ3n) is 3.72. The molecular weight excluding hydrogens is 346 g/mol. The van der Waals surface area contributed by atoms with Crippen LogP contribution in [0.25, 0.3) is 0 Å². The van der Waals surface area contributed by atoms with Crippen LogP contribution in [0.4, 0.5) is 20.3 Å². The van der Waals surface area contributed by atoms with Gasteiger partial charge in [-0.1, -0.05) is 0 Å². The number of hydrogen-bond donors (Lipinski definition) is 2. The largest absolute Gasteiger partial charge is 0.343 e. The molecule has 9 heteroatoms. The highest BCUT2D eigenvalue weighted by atomic mass is 19.2. The summed E-state index contributed by atoms with van der Waals surface area (Å²) in [7, 11) is 0. The summed E-state index contributed by atoms with van der Waals surface area (Å²) in [6.07, 6.45) is 1.55. The predicted octanol–water partition coefficient (Wildman–Crippen LogP) is 1.38. The van der Waals surface area contributed by atoms with Crippen molar-refractivity contribution in [1.29, 1.82) is 0 Å². The fourth-order valence-electron chi connectivity index (χ4n) is 2.47. The zero-order chi connectivity index (χ0) is 18.8. The van der Waals surface area contributed by atoms with Crippen LogP contribution in [-0.2, 0) is 9.59 Å². The summed E-state index contributed by atoms with van der Waals surface area (Å²) >= 11 is 0. The van der Waals surface area contributed by atoms with Crippen molar-refractivity contribution in [1.82, 2.24) is 10.3 Å². The summed E-state index contributed by atoms with van der Waals surface area (Å²) in [6, 6.07) is 4.35. The van der Waals surface area contributed by atoms with Gasteiger partial charge in [0, 0.05) is 11.8 Å². The summed E-state index contributed by atoms with van der Waals surface area (Å²) in [4.78, 5) is 41.5. The minimum absolute atomic E-state index is 0.123. The van der Waals surface area contributed by atoms with Gasteiger partial charge in [0.1, 0.15) is 6.54 Å². The van der Waals surface area contributed by atoms with Crippen LogP contribution in [0.1, 0.15) is 15.9 Å². The molecule has 0 aliphatic carbocycles. The Kier molecular flexibility index (Phi) is 4.61. The molecule has 134 valence electrons. The van der Waals surface area contributed by atoms with Crippen molar-refractivity contribution in [2.75, 3.05) is 23.3 Å². The maximum Gasteiger partial charge on any atom is 0.251 e. The van der Waals surface area contributed by atoms with Gasteiger partial charge in [0.25, 0.3) is 5.91 Å². The van der Waals surface area contributed by atoms with Crippen molar-refractivity contribution in [3.8, 4) is 0 Å². The normalized spacial score (nSPS) is 13.0. The lowest BCUT2D eigenvalue weighted by molar-refractivity contribution is -0.121. The Hall–Kier alpha value is -3.36. The minimum atomic E-state index is -1.16. The Morgan fingerprint density at radius 2 is 2.04 bits per heavy atom. The summed E-state index contributed by atoms with van der Waals surface area (Å²) in [5, 5.41) is 4.95. The van der Waals surface area contributed by atoms with Crippen LogP contribution in [0.3, 0.4) is 0 Å². The Morgan fingerprint density at radius 1 is 1.27 bits per heavy atom. The van der Waals surface area contributed by atoms with E-state index in [9.17, 15) is 23.2 Å². The highest BCUT2D eigenvalue weighted by molar-refractivity contribution is 6.10. The topological polar surface area (TPSA) is 91.4 Å². The molecule has 1 aliphatic rings. The number of carbonyl (C=O) groups is 3. The number of aryl methyl sites for hydroxylation is 1. The number of halogens is 2. The van der Waals surface area contributed by atoms with Crippen molar-refractivity contribution in [3.63, 3.8) is 0 Å². The standard InChI is InChI=1S/C17H14F2N4O3/c1-9-4-13-16(20-6-9)23(8-14(24)22-13)15(25)7-21-17(26)10-2-3-11(18)12(19)5-10/h2-6H,7-8H2,1H3,(H,21,26)(H,22,24). The molecule has 26 heavy (non-hydrogen) atoms. The van der Waals surface area contributed by atoms with Crippen molar-refractivity contribution in [3.05, 3.63) is 53.2 Å². The number of amides is 3. The lowest BCUT2D eigenvalue weighted by Gasteiger charge is -2.28. The van der Waals surface area contributed by atoms with Crippen LogP contribution in [-0.4, -0.2) is 35.8 Å². The predicted molar refractivity (Wildman–Crippen MR) is 88.6 cm³/mol. The molecular formula is C17H14F2N4O3. The molecule has 1 aliphatic heterocycles. The zero-order valence-corrected chi connectivity index (χ0v) is 13.7. The Labute approximate surface area is 147 Å². The molecule has 7 nitrogen and oxygen atoms in total. The maximum absolute atomic E-state index is 13.2. The van der Waals surface area contributed by atoms with Crippen LogP contribution in [0.5, 0.6) is 0 Å². The number of rotatable bonds is 3. The second-order valence-corrected chi connectivity index (χ2v) is 5.72. The lowest BCUT2D eigenvalue weighted by Crippen LogP contribution is -2.47. The average Bonchev–Trinajstić information content (AvgIpc) is 2.60. The molecule has 0 radical (unpaired) electrons. The van der Waals surface area contributed by atoms with Gasteiger partial charge >= 0.3 is 0 Å². The van der Waals surface area contributed by atoms with Gasteiger partial charge in [0.2, 0.25) is 11.8 Å². The molecule has 2 aromatic rings. The van der Waals surface area contributed by atoms with E-state index in [0.29, 0.717) is 5.69 Å². The molecule has 0 spiro atoms. The van der Waals surface area contributed by atoms with Crippen LogP contribution in [0.2, 0.25) is 0 Å². The third-order valence-corrected chi connectivity index (χ3v) is 3.72.